The lowest BCUT2D eigenvalue weighted by Crippen LogP contribution is -2.30. The number of aromatic nitrogens is 3. The molecule has 3 rings (SSSR count). The molecule has 11 heteroatoms. The van der Waals surface area contributed by atoms with E-state index in [1.54, 1.807) is 31.3 Å². The van der Waals surface area contributed by atoms with Gasteiger partial charge in [-0.15, -0.1) is 0 Å². The molecule has 0 bridgehead atoms. The van der Waals surface area contributed by atoms with Gasteiger partial charge in [0, 0.05) is 38.1 Å². The fourth-order valence-electron chi connectivity index (χ4n) is 3.31. The zero-order chi connectivity index (χ0) is 23.8. The smallest absolute Gasteiger partial charge is 0.412 e. The van der Waals surface area contributed by atoms with Crippen LogP contribution in [0.15, 0.2) is 47.6 Å². The Morgan fingerprint density at radius 3 is 2.42 bits per heavy atom. The van der Waals surface area contributed by atoms with E-state index in [-0.39, 0.29) is 11.5 Å². The van der Waals surface area contributed by atoms with Crippen LogP contribution in [0.3, 0.4) is 0 Å². The van der Waals surface area contributed by atoms with Gasteiger partial charge in [0.2, 0.25) is 10.0 Å². The molecule has 2 heterocycles. The zero-order valence-corrected chi connectivity index (χ0v) is 19.7. The van der Waals surface area contributed by atoms with Crippen molar-refractivity contribution in [1.29, 1.82) is 0 Å². The third-order valence-corrected chi connectivity index (χ3v) is 7.01. The van der Waals surface area contributed by atoms with Gasteiger partial charge in [-0.1, -0.05) is 26.0 Å². The van der Waals surface area contributed by atoms with E-state index in [1.807, 2.05) is 26.0 Å². The Morgan fingerprint density at radius 1 is 1.06 bits per heavy atom. The van der Waals surface area contributed by atoms with Gasteiger partial charge in [0.25, 0.3) is 0 Å². The average molecular weight is 473 g/mol. The van der Waals surface area contributed by atoms with Crippen molar-refractivity contribution in [2.45, 2.75) is 32.1 Å². The van der Waals surface area contributed by atoms with Crippen LogP contribution in [0, 0.1) is 0 Å². The highest BCUT2D eigenvalue weighted by atomic mass is 32.2. The van der Waals surface area contributed by atoms with Crippen molar-refractivity contribution in [3.05, 3.63) is 48.3 Å². The minimum atomic E-state index is -3.47. The number of carbonyl (C=O) groups excluding carboxylic acids is 1. The molecule has 3 aromatic rings. The van der Waals surface area contributed by atoms with Crippen LogP contribution >= 0.6 is 0 Å². The fourth-order valence-corrected chi connectivity index (χ4v) is 4.76. The van der Waals surface area contributed by atoms with E-state index in [2.05, 4.69) is 25.6 Å². The van der Waals surface area contributed by atoms with E-state index < -0.39 is 16.1 Å². The first-order valence-electron chi connectivity index (χ1n) is 10.8. The summed E-state index contributed by atoms with van der Waals surface area (Å²) in [5.74, 6) is 0.301. The lowest BCUT2D eigenvalue weighted by Gasteiger charge is -2.18. The molecule has 10 nitrogen and oxygen atoms in total. The number of rotatable bonds is 10. The van der Waals surface area contributed by atoms with Gasteiger partial charge in [-0.3, -0.25) is 5.32 Å². The van der Waals surface area contributed by atoms with Crippen LogP contribution < -0.4 is 10.6 Å². The second-order valence-corrected chi connectivity index (χ2v) is 8.98. The topological polar surface area (TPSA) is 126 Å². The molecule has 0 saturated heterocycles. The van der Waals surface area contributed by atoms with Crippen LogP contribution in [-0.2, 0) is 21.2 Å². The van der Waals surface area contributed by atoms with Crippen molar-refractivity contribution in [2.24, 2.45) is 0 Å². The van der Waals surface area contributed by atoms with Gasteiger partial charge in [0.1, 0.15) is 11.3 Å². The number of fused-ring (bicyclic) bond motifs is 1. The average Bonchev–Trinajstić information content (AvgIpc) is 2.80. The number of ether oxygens (including phenoxy) is 1. The number of nitrogens with one attached hydrogen (secondary N) is 2. The third-order valence-electron chi connectivity index (χ3n) is 4.94. The Hall–Kier alpha value is -3.31. The molecular weight excluding hydrogens is 444 g/mol. The summed E-state index contributed by atoms with van der Waals surface area (Å²) < 4.78 is 31.6. The van der Waals surface area contributed by atoms with E-state index in [1.165, 1.54) is 10.5 Å². The maximum Gasteiger partial charge on any atom is 0.412 e. The highest BCUT2D eigenvalue weighted by Crippen LogP contribution is 2.22. The van der Waals surface area contributed by atoms with E-state index in [4.69, 9.17) is 4.74 Å². The molecule has 0 saturated carbocycles. The number of benzene rings is 1. The van der Waals surface area contributed by atoms with Gasteiger partial charge in [0.15, 0.2) is 5.65 Å². The number of amides is 1. The van der Waals surface area contributed by atoms with E-state index in [9.17, 15) is 13.2 Å². The summed E-state index contributed by atoms with van der Waals surface area (Å²) in [6.07, 6.45) is 3.15. The van der Waals surface area contributed by atoms with Crippen molar-refractivity contribution >= 4 is 38.8 Å². The van der Waals surface area contributed by atoms with Crippen LogP contribution in [0.1, 0.15) is 26.3 Å². The van der Waals surface area contributed by atoms with E-state index >= 15 is 0 Å². The van der Waals surface area contributed by atoms with Crippen LogP contribution in [0.2, 0.25) is 0 Å². The zero-order valence-electron chi connectivity index (χ0n) is 18.9. The molecule has 0 radical (unpaired) electrons. The number of hydrogen-bond acceptors (Lipinski definition) is 8. The summed E-state index contributed by atoms with van der Waals surface area (Å²) in [5, 5.41) is 5.88. The standard InChI is InChI=1S/C22H28N6O4S/c1-4-28(5-2)33(30,31)17-9-7-16(8-10-17)11-12-23-18-15-19(27-22(29)32-6-3)26-21-20(18)24-13-14-25-21/h7-10,13-15H,4-6,11-12H2,1-3H3,(H2,23,25,26,27,29). The lowest BCUT2D eigenvalue weighted by atomic mass is 10.1. The van der Waals surface area contributed by atoms with Gasteiger partial charge >= 0.3 is 6.09 Å². The molecule has 0 unspecified atom stereocenters. The molecule has 1 aromatic carbocycles. The highest BCUT2D eigenvalue weighted by molar-refractivity contribution is 7.89. The Bertz CT molecular complexity index is 1200. The quantitative estimate of drug-likeness (QED) is 0.460. The summed E-state index contributed by atoms with van der Waals surface area (Å²) in [6, 6.07) is 8.58. The Balaban J connectivity index is 1.71. The van der Waals surface area contributed by atoms with Gasteiger partial charge in [-0.2, -0.15) is 4.31 Å². The first kappa shape index (κ1) is 24.3. The summed E-state index contributed by atoms with van der Waals surface area (Å²) in [7, 11) is -3.47. The predicted octanol–water partition coefficient (Wildman–Crippen LogP) is 3.28. The number of hydrogen-bond donors (Lipinski definition) is 2. The fraction of sp³-hybridized carbons (Fsp3) is 0.364. The molecule has 0 aliphatic carbocycles. The Labute approximate surface area is 193 Å². The van der Waals surface area contributed by atoms with Crippen molar-refractivity contribution < 1.29 is 17.9 Å². The SMILES string of the molecule is CCOC(=O)Nc1cc(NCCc2ccc(S(=O)(=O)N(CC)CC)cc2)c2nccnc2n1. The van der Waals surface area contributed by atoms with Gasteiger partial charge < -0.3 is 10.1 Å². The third kappa shape index (κ3) is 5.93. The molecule has 2 N–H and O–H groups in total. The van der Waals surface area contributed by atoms with Crippen LogP contribution in [0.4, 0.5) is 16.3 Å². The summed E-state index contributed by atoms with van der Waals surface area (Å²) in [4.78, 5) is 24.9. The molecule has 2 aromatic heterocycles. The molecule has 0 atom stereocenters. The summed E-state index contributed by atoms with van der Waals surface area (Å²) in [6.45, 7) is 7.03. The summed E-state index contributed by atoms with van der Waals surface area (Å²) >= 11 is 0. The second-order valence-electron chi connectivity index (χ2n) is 7.04. The van der Waals surface area contributed by atoms with E-state index in [0.29, 0.717) is 48.7 Å². The van der Waals surface area contributed by atoms with Crippen molar-refractivity contribution in [1.82, 2.24) is 19.3 Å². The number of anilines is 2. The van der Waals surface area contributed by atoms with E-state index in [0.717, 1.165) is 5.56 Å². The van der Waals surface area contributed by atoms with Crippen molar-refractivity contribution in [2.75, 3.05) is 36.9 Å². The normalized spacial score (nSPS) is 11.5. The maximum absolute atomic E-state index is 12.6. The molecule has 0 spiro atoms. The van der Waals surface area contributed by atoms with Gasteiger partial charge in [0.05, 0.1) is 17.2 Å². The summed E-state index contributed by atoms with van der Waals surface area (Å²) in [5.41, 5.74) is 2.61. The molecule has 0 aliphatic rings. The Morgan fingerprint density at radius 2 is 1.76 bits per heavy atom. The van der Waals surface area contributed by atoms with Crippen LogP contribution in [0.5, 0.6) is 0 Å². The minimum absolute atomic E-state index is 0.249. The first-order valence-corrected chi connectivity index (χ1v) is 12.2. The highest BCUT2D eigenvalue weighted by Gasteiger charge is 2.21. The largest absolute Gasteiger partial charge is 0.450 e. The minimum Gasteiger partial charge on any atom is -0.450 e. The number of pyridine rings is 1. The van der Waals surface area contributed by atoms with Gasteiger partial charge in [-0.25, -0.2) is 28.2 Å². The molecule has 0 fully saturated rings. The number of nitrogens with zero attached hydrogens (tertiary/aromatic N) is 4. The first-order chi connectivity index (χ1) is 15.9. The van der Waals surface area contributed by atoms with Crippen LogP contribution in [-0.4, -0.2) is 60.0 Å². The molecular formula is C22H28N6O4S. The lowest BCUT2D eigenvalue weighted by molar-refractivity contribution is 0.168. The monoisotopic (exact) mass is 472 g/mol. The van der Waals surface area contributed by atoms with Crippen molar-refractivity contribution in [3.8, 4) is 0 Å². The number of carbonyl (C=O) groups is 1. The molecule has 33 heavy (non-hydrogen) atoms. The van der Waals surface area contributed by atoms with Crippen molar-refractivity contribution in [3.63, 3.8) is 0 Å². The molecule has 1 amide bonds. The molecule has 176 valence electrons. The second kappa shape index (κ2) is 11.0. The van der Waals surface area contributed by atoms with Gasteiger partial charge in [-0.05, 0) is 31.0 Å². The molecule has 0 aliphatic heterocycles. The predicted molar refractivity (Wildman–Crippen MR) is 127 cm³/mol. The number of sulfonamides is 1. The maximum atomic E-state index is 12.6. The van der Waals surface area contributed by atoms with Crippen LogP contribution in [0.25, 0.3) is 11.2 Å². The Kier molecular flexibility index (Phi) is 8.12.